The van der Waals surface area contributed by atoms with Crippen molar-refractivity contribution >= 4 is 11.7 Å². The van der Waals surface area contributed by atoms with E-state index in [0.29, 0.717) is 11.4 Å². The van der Waals surface area contributed by atoms with Gasteiger partial charge >= 0.3 is 6.18 Å². The highest BCUT2D eigenvalue weighted by Crippen LogP contribution is 2.30. The number of pyridine rings is 2. The third-order valence-corrected chi connectivity index (χ3v) is 3.44. The van der Waals surface area contributed by atoms with Crippen LogP contribution in [-0.4, -0.2) is 25.8 Å². The Balaban J connectivity index is 1.99. The summed E-state index contributed by atoms with van der Waals surface area (Å²) >= 11 is 0. The smallest absolute Gasteiger partial charge is 0.382 e. The number of aromatic nitrogens is 4. The lowest BCUT2D eigenvalue weighted by Crippen LogP contribution is -2.11. The molecule has 4 N–H and O–H groups in total. The highest BCUT2D eigenvalue weighted by atomic mass is 19.4. The van der Waals surface area contributed by atoms with Gasteiger partial charge in [-0.25, -0.2) is 9.97 Å². The van der Waals surface area contributed by atoms with E-state index in [2.05, 4.69) is 19.9 Å². The maximum atomic E-state index is 12.6. The Labute approximate surface area is 144 Å². The van der Waals surface area contributed by atoms with Gasteiger partial charge in [-0.2, -0.15) is 13.2 Å². The van der Waals surface area contributed by atoms with Crippen molar-refractivity contribution in [3.63, 3.8) is 0 Å². The van der Waals surface area contributed by atoms with Gasteiger partial charge in [0.1, 0.15) is 22.9 Å². The number of anilines is 1. The third kappa shape index (κ3) is 3.43. The monoisotopic (exact) mass is 360 g/mol. The molecule has 3 aromatic rings. The Morgan fingerprint density at radius 1 is 0.923 bits per heavy atom. The van der Waals surface area contributed by atoms with E-state index in [-0.39, 0.29) is 22.6 Å². The van der Waals surface area contributed by atoms with Crippen LogP contribution >= 0.6 is 0 Å². The Morgan fingerprint density at radius 3 is 2.23 bits per heavy atom. The predicted octanol–water partition coefficient (Wildman–Crippen LogP) is 2.30. The van der Waals surface area contributed by atoms with E-state index in [1.165, 1.54) is 30.6 Å². The molecule has 0 atom stereocenters. The molecule has 0 aliphatic heterocycles. The van der Waals surface area contributed by atoms with Crippen LogP contribution < -0.4 is 11.5 Å². The molecule has 0 aliphatic rings. The minimum absolute atomic E-state index is 0.0315. The van der Waals surface area contributed by atoms with E-state index >= 15 is 0 Å². The summed E-state index contributed by atoms with van der Waals surface area (Å²) in [6.45, 7) is 0. The summed E-state index contributed by atoms with van der Waals surface area (Å²) in [6, 6.07) is 5.05. The van der Waals surface area contributed by atoms with Crippen LogP contribution in [0, 0.1) is 0 Å². The van der Waals surface area contributed by atoms with Crippen molar-refractivity contribution in [2.24, 2.45) is 5.73 Å². The van der Waals surface area contributed by atoms with Gasteiger partial charge < -0.3 is 11.5 Å². The third-order valence-electron chi connectivity index (χ3n) is 3.44. The molecule has 1 amide bonds. The highest BCUT2D eigenvalue weighted by Gasteiger charge is 2.32. The van der Waals surface area contributed by atoms with Crippen molar-refractivity contribution in [1.82, 2.24) is 19.9 Å². The molecule has 132 valence electrons. The van der Waals surface area contributed by atoms with E-state index < -0.39 is 17.8 Å². The SMILES string of the molecule is NC(=O)c1ccc(-c2cnc(N)c(-c3ccc(C(F)(F)F)nc3)n2)nc1. The molecule has 3 aromatic heterocycles. The molecule has 0 fully saturated rings. The molecule has 0 aliphatic carbocycles. The Kier molecular flexibility index (Phi) is 4.24. The van der Waals surface area contributed by atoms with Gasteiger partial charge in [0.15, 0.2) is 0 Å². The first-order valence-electron chi connectivity index (χ1n) is 7.18. The fourth-order valence-corrected chi connectivity index (χ4v) is 2.13. The minimum Gasteiger partial charge on any atom is -0.382 e. The van der Waals surface area contributed by atoms with Crippen LogP contribution in [0.3, 0.4) is 0 Å². The Bertz CT molecular complexity index is 955. The number of alkyl halides is 3. The van der Waals surface area contributed by atoms with Crippen LogP contribution in [0.2, 0.25) is 0 Å². The molecule has 0 saturated heterocycles. The predicted molar refractivity (Wildman–Crippen MR) is 86.4 cm³/mol. The summed E-state index contributed by atoms with van der Waals surface area (Å²) in [5.41, 5.74) is 11.3. The highest BCUT2D eigenvalue weighted by molar-refractivity contribution is 5.92. The van der Waals surface area contributed by atoms with E-state index in [9.17, 15) is 18.0 Å². The van der Waals surface area contributed by atoms with Crippen molar-refractivity contribution in [1.29, 1.82) is 0 Å². The standard InChI is InChI=1S/C16H11F3N6O/c17-16(18,19)12-4-2-8(5-23-12)13-14(20)24-7-11(25-13)10-3-1-9(6-22-10)15(21)26/h1-7H,(H2,20,24)(H2,21,26). The largest absolute Gasteiger partial charge is 0.433 e. The van der Waals surface area contributed by atoms with Gasteiger partial charge in [0.05, 0.1) is 17.5 Å². The van der Waals surface area contributed by atoms with Crippen molar-refractivity contribution in [2.45, 2.75) is 6.18 Å². The van der Waals surface area contributed by atoms with Gasteiger partial charge in [-0.3, -0.25) is 14.8 Å². The molecular weight excluding hydrogens is 349 g/mol. The number of carbonyl (C=O) groups excluding carboxylic acids is 1. The van der Waals surface area contributed by atoms with E-state index in [0.717, 1.165) is 12.3 Å². The second-order valence-corrected chi connectivity index (χ2v) is 5.22. The molecule has 0 aromatic carbocycles. The zero-order valence-corrected chi connectivity index (χ0v) is 13.0. The summed E-state index contributed by atoms with van der Waals surface area (Å²) in [5, 5.41) is 0. The van der Waals surface area contributed by atoms with E-state index in [4.69, 9.17) is 11.5 Å². The molecular formula is C16H11F3N6O. The van der Waals surface area contributed by atoms with E-state index in [1.54, 1.807) is 0 Å². The van der Waals surface area contributed by atoms with Crippen molar-refractivity contribution in [3.8, 4) is 22.6 Å². The van der Waals surface area contributed by atoms with Gasteiger partial charge in [-0.05, 0) is 24.3 Å². The average Bonchev–Trinajstić information content (AvgIpc) is 2.61. The Morgan fingerprint density at radius 2 is 1.69 bits per heavy atom. The molecule has 0 unspecified atom stereocenters. The number of hydrogen-bond acceptors (Lipinski definition) is 6. The number of carbonyl (C=O) groups is 1. The van der Waals surface area contributed by atoms with Crippen LogP contribution in [0.1, 0.15) is 16.1 Å². The fourth-order valence-electron chi connectivity index (χ4n) is 2.13. The van der Waals surface area contributed by atoms with Crippen LogP contribution in [0.5, 0.6) is 0 Å². The molecule has 0 radical (unpaired) electrons. The lowest BCUT2D eigenvalue weighted by molar-refractivity contribution is -0.141. The molecule has 0 bridgehead atoms. The van der Waals surface area contributed by atoms with Crippen molar-refractivity contribution in [3.05, 3.63) is 54.1 Å². The summed E-state index contributed by atoms with van der Waals surface area (Å²) < 4.78 is 37.9. The molecule has 0 saturated carbocycles. The average molecular weight is 360 g/mol. The van der Waals surface area contributed by atoms with Crippen LogP contribution in [0.15, 0.2) is 42.9 Å². The maximum absolute atomic E-state index is 12.6. The number of halogens is 3. The second kappa shape index (κ2) is 6.39. The number of nitrogen functional groups attached to an aromatic ring is 1. The van der Waals surface area contributed by atoms with Crippen LogP contribution in [0.25, 0.3) is 22.6 Å². The molecule has 7 nitrogen and oxygen atoms in total. The van der Waals surface area contributed by atoms with Gasteiger partial charge in [0.2, 0.25) is 5.91 Å². The fraction of sp³-hybridized carbons (Fsp3) is 0.0625. The van der Waals surface area contributed by atoms with Crippen molar-refractivity contribution < 1.29 is 18.0 Å². The van der Waals surface area contributed by atoms with Gasteiger partial charge in [0, 0.05) is 18.0 Å². The topological polar surface area (TPSA) is 121 Å². The quantitative estimate of drug-likeness (QED) is 0.739. The summed E-state index contributed by atoms with van der Waals surface area (Å²) in [5.74, 6) is -0.590. The Hall–Kier alpha value is -3.56. The number of nitrogens with zero attached hydrogens (tertiary/aromatic N) is 4. The zero-order valence-electron chi connectivity index (χ0n) is 13.0. The molecule has 10 heteroatoms. The number of rotatable bonds is 3. The van der Waals surface area contributed by atoms with Gasteiger partial charge in [-0.1, -0.05) is 0 Å². The number of hydrogen-bond donors (Lipinski definition) is 2. The minimum atomic E-state index is -4.54. The molecule has 26 heavy (non-hydrogen) atoms. The lowest BCUT2D eigenvalue weighted by atomic mass is 10.1. The van der Waals surface area contributed by atoms with Crippen LogP contribution in [-0.2, 0) is 6.18 Å². The maximum Gasteiger partial charge on any atom is 0.433 e. The summed E-state index contributed by atoms with van der Waals surface area (Å²) in [7, 11) is 0. The normalized spacial score (nSPS) is 11.3. The molecule has 3 heterocycles. The first-order valence-corrected chi connectivity index (χ1v) is 7.18. The van der Waals surface area contributed by atoms with Gasteiger partial charge in [0.25, 0.3) is 0 Å². The molecule has 3 rings (SSSR count). The summed E-state index contributed by atoms with van der Waals surface area (Å²) in [6.07, 6.45) is -0.863. The number of amides is 1. The van der Waals surface area contributed by atoms with E-state index in [1.807, 2.05) is 0 Å². The summed E-state index contributed by atoms with van der Waals surface area (Å²) in [4.78, 5) is 26.8. The molecule has 0 spiro atoms. The first kappa shape index (κ1) is 17.3. The lowest BCUT2D eigenvalue weighted by Gasteiger charge is -2.09. The second-order valence-electron chi connectivity index (χ2n) is 5.22. The zero-order chi connectivity index (χ0) is 18.9. The first-order chi connectivity index (χ1) is 12.3. The number of nitrogens with two attached hydrogens (primary N) is 2. The van der Waals surface area contributed by atoms with Gasteiger partial charge in [-0.15, -0.1) is 0 Å². The number of primary amides is 1. The van der Waals surface area contributed by atoms with Crippen LogP contribution in [0.4, 0.5) is 19.0 Å². The van der Waals surface area contributed by atoms with Crippen molar-refractivity contribution in [2.75, 3.05) is 5.73 Å².